The Labute approximate surface area is 189 Å². The van der Waals surface area contributed by atoms with Crippen LogP contribution in [0.5, 0.6) is 5.75 Å². The van der Waals surface area contributed by atoms with Gasteiger partial charge in [0.25, 0.3) is 11.7 Å². The van der Waals surface area contributed by atoms with E-state index in [9.17, 15) is 14.7 Å². The Bertz CT molecular complexity index is 1040. The van der Waals surface area contributed by atoms with E-state index >= 15 is 0 Å². The van der Waals surface area contributed by atoms with Crippen molar-refractivity contribution in [2.75, 3.05) is 19.8 Å². The number of aliphatic hydroxyl groups is 1. The molecule has 3 rings (SSSR count). The predicted molar refractivity (Wildman–Crippen MR) is 124 cm³/mol. The number of aliphatic hydroxyl groups excluding tert-OH is 1. The average molecular weight is 438 g/mol. The number of Topliss-reactive ketones (excluding diaryl/α,β-unsaturated/α-hetero) is 1. The molecular weight excluding hydrogens is 406 g/mol. The van der Waals surface area contributed by atoms with Gasteiger partial charge in [0.05, 0.1) is 30.9 Å². The molecule has 6 nitrogen and oxygen atoms in total. The molecule has 1 fully saturated rings. The van der Waals surface area contributed by atoms with Gasteiger partial charge in [-0.3, -0.25) is 9.59 Å². The SMILES string of the molecule is CCOc1cccc(C2/C(=C(\O)c3cc(C)ccc3C)C(=O)C(=O)N2CCOC(C)C)c1. The molecule has 0 aliphatic carbocycles. The van der Waals surface area contributed by atoms with Crippen LogP contribution in [-0.4, -0.2) is 47.6 Å². The molecule has 1 aliphatic rings. The summed E-state index contributed by atoms with van der Waals surface area (Å²) in [4.78, 5) is 27.6. The van der Waals surface area contributed by atoms with Crippen molar-refractivity contribution >= 4 is 17.4 Å². The molecule has 32 heavy (non-hydrogen) atoms. The molecule has 1 heterocycles. The summed E-state index contributed by atoms with van der Waals surface area (Å²) in [7, 11) is 0. The summed E-state index contributed by atoms with van der Waals surface area (Å²) in [6.45, 7) is 10.5. The zero-order valence-electron chi connectivity index (χ0n) is 19.3. The highest BCUT2D eigenvalue weighted by Gasteiger charge is 2.46. The third kappa shape index (κ3) is 4.86. The zero-order chi connectivity index (χ0) is 23.4. The van der Waals surface area contributed by atoms with Gasteiger partial charge in [-0.15, -0.1) is 0 Å². The molecule has 1 aliphatic heterocycles. The maximum Gasteiger partial charge on any atom is 0.295 e. The second kappa shape index (κ2) is 10.0. The third-order valence-electron chi connectivity index (χ3n) is 5.46. The minimum Gasteiger partial charge on any atom is -0.507 e. The maximum atomic E-state index is 13.1. The second-order valence-corrected chi connectivity index (χ2v) is 8.24. The van der Waals surface area contributed by atoms with Gasteiger partial charge in [0.1, 0.15) is 11.5 Å². The molecule has 0 aromatic heterocycles. The minimum atomic E-state index is -0.730. The highest BCUT2D eigenvalue weighted by molar-refractivity contribution is 6.46. The normalized spacial score (nSPS) is 17.9. The molecule has 1 N–H and O–H groups in total. The molecule has 2 aromatic rings. The van der Waals surface area contributed by atoms with Crippen LogP contribution in [-0.2, 0) is 14.3 Å². The van der Waals surface area contributed by atoms with Crippen molar-refractivity contribution in [1.82, 2.24) is 4.90 Å². The smallest absolute Gasteiger partial charge is 0.295 e. The molecule has 0 spiro atoms. The Morgan fingerprint density at radius 2 is 1.88 bits per heavy atom. The summed E-state index contributed by atoms with van der Waals surface area (Å²) < 4.78 is 11.3. The summed E-state index contributed by atoms with van der Waals surface area (Å²) >= 11 is 0. The first-order valence-electron chi connectivity index (χ1n) is 10.9. The van der Waals surface area contributed by atoms with E-state index in [2.05, 4.69) is 0 Å². The highest BCUT2D eigenvalue weighted by atomic mass is 16.5. The van der Waals surface area contributed by atoms with Crippen LogP contribution in [0.1, 0.15) is 49.1 Å². The van der Waals surface area contributed by atoms with E-state index in [0.29, 0.717) is 23.5 Å². The number of rotatable bonds is 8. The molecule has 2 aromatic carbocycles. The molecule has 0 radical (unpaired) electrons. The lowest BCUT2D eigenvalue weighted by atomic mass is 9.93. The van der Waals surface area contributed by atoms with Gasteiger partial charge >= 0.3 is 0 Å². The summed E-state index contributed by atoms with van der Waals surface area (Å²) in [6.07, 6.45) is 0.00139. The maximum absolute atomic E-state index is 13.1. The van der Waals surface area contributed by atoms with Crippen molar-refractivity contribution in [3.05, 3.63) is 70.3 Å². The van der Waals surface area contributed by atoms with Crippen LogP contribution in [0.15, 0.2) is 48.0 Å². The van der Waals surface area contributed by atoms with E-state index in [1.807, 2.05) is 77.1 Å². The van der Waals surface area contributed by atoms with Crippen molar-refractivity contribution in [1.29, 1.82) is 0 Å². The topological polar surface area (TPSA) is 76.1 Å². The van der Waals surface area contributed by atoms with Gasteiger partial charge < -0.3 is 19.5 Å². The van der Waals surface area contributed by atoms with Gasteiger partial charge in [-0.05, 0) is 63.9 Å². The first-order valence-corrected chi connectivity index (χ1v) is 10.9. The number of aryl methyl sites for hydroxylation is 2. The van der Waals surface area contributed by atoms with E-state index in [0.717, 1.165) is 11.1 Å². The van der Waals surface area contributed by atoms with Crippen LogP contribution in [0, 0.1) is 13.8 Å². The molecule has 170 valence electrons. The molecule has 6 heteroatoms. The Morgan fingerprint density at radius 3 is 2.56 bits per heavy atom. The second-order valence-electron chi connectivity index (χ2n) is 8.24. The van der Waals surface area contributed by atoms with Crippen molar-refractivity contribution < 1.29 is 24.2 Å². The van der Waals surface area contributed by atoms with Gasteiger partial charge in [0.2, 0.25) is 0 Å². The van der Waals surface area contributed by atoms with Gasteiger partial charge in [0, 0.05) is 12.1 Å². The Hall–Kier alpha value is -3.12. The number of ether oxygens (including phenoxy) is 2. The number of likely N-dealkylation sites (tertiary alicyclic amines) is 1. The lowest BCUT2D eigenvalue weighted by Gasteiger charge is -2.26. The molecule has 0 saturated carbocycles. The van der Waals surface area contributed by atoms with Gasteiger partial charge in [-0.1, -0.05) is 29.8 Å². The van der Waals surface area contributed by atoms with Crippen LogP contribution >= 0.6 is 0 Å². The predicted octanol–water partition coefficient (Wildman–Crippen LogP) is 4.55. The number of carbonyl (C=O) groups excluding carboxylic acids is 2. The molecule has 1 atom stereocenters. The Kier molecular flexibility index (Phi) is 7.36. The molecule has 1 saturated heterocycles. The lowest BCUT2D eigenvalue weighted by Crippen LogP contribution is -2.33. The van der Waals surface area contributed by atoms with E-state index in [4.69, 9.17) is 9.47 Å². The monoisotopic (exact) mass is 437 g/mol. The number of hydrogen-bond donors (Lipinski definition) is 1. The van der Waals surface area contributed by atoms with Crippen LogP contribution in [0.2, 0.25) is 0 Å². The number of carbonyl (C=O) groups is 2. The summed E-state index contributed by atoms with van der Waals surface area (Å²) in [6, 6.07) is 12.2. The fraction of sp³-hybridized carbons (Fsp3) is 0.385. The van der Waals surface area contributed by atoms with Crippen molar-refractivity contribution in [2.24, 2.45) is 0 Å². The fourth-order valence-corrected chi connectivity index (χ4v) is 3.92. The first kappa shape index (κ1) is 23.5. The lowest BCUT2D eigenvalue weighted by molar-refractivity contribution is -0.140. The molecular formula is C26H31NO5. The van der Waals surface area contributed by atoms with Crippen LogP contribution < -0.4 is 4.74 Å². The van der Waals surface area contributed by atoms with Crippen molar-refractivity contribution in [3.63, 3.8) is 0 Å². The number of hydrogen-bond acceptors (Lipinski definition) is 5. The van der Waals surface area contributed by atoms with E-state index in [1.54, 1.807) is 0 Å². The summed E-state index contributed by atoms with van der Waals surface area (Å²) in [5.41, 5.74) is 3.11. The van der Waals surface area contributed by atoms with E-state index in [1.165, 1.54) is 4.90 Å². The van der Waals surface area contributed by atoms with Crippen molar-refractivity contribution in [3.8, 4) is 5.75 Å². The van der Waals surface area contributed by atoms with E-state index in [-0.39, 0.29) is 30.6 Å². The number of ketones is 1. The first-order chi connectivity index (χ1) is 15.2. The molecule has 0 bridgehead atoms. The zero-order valence-corrected chi connectivity index (χ0v) is 19.3. The number of amides is 1. The standard InChI is InChI=1S/C26H31NO5/c1-6-31-20-9-7-8-19(15-20)23-22(24(28)21-14-17(4)10-11-18(21)5)25(29)26(30)27(23)12-13-32-16(2)3/h7-11,14-16,23,28H,6,12-13H2,1-5H3/b24-22+. The highest BCUT2D eigenvalue weighted by Crippen LogP contribution is 2.40. The molecule has 1 amide bonds. The fourth-order valence-electron chi connectivity index (χ4n) is 3.92. The Morgan fingerprint density at radius 1 is 1.12 bits per heavy atom. The molecule has 1 unspecified atom stereocenters. The quantitative estimate of drug-likeness (QED) is 0.373. The van der Waals surface area contributed by atoms with Gasteiger partial charge in [-0.2, -0.15) is 0 Å². The largest absolute Gasteiger partial charge is 0.507 e. The van der Waals surface area contributed by atoms with Gasteiger partial charge in [-0.25, -0.2) is 0 Å². The van der Waals surface area contributed by atoms with Crippen molar-refractivity contribution in [2.45, 2.75) is 46.8 Å². The summed E-state index contributed by atoms with van der Waals surface area (Å²) in [5.74, 6) is -0.861. The number of nitrogens with zero attached hydrogens (tertiary/aromatic N) is 1. The Balaban J connectivity index is 2.15. The summed E-state index contributed by atoms with van der Waals surface area (Å²) in [5, 5.41) is 11.3. The van der Waals surface area contributed by atoms with Crippen LogP contribution in [0.25, 0.3) is 5.76 Å². The number of benzene rings is 2. The van der Waals surface area contributed by atoms with E-state index < -0.39 is 17.7 Å². The van der Waals surface area contributed by atoms with Gasteiger partial charge in [0.15, 0.2) is 0 Å². The van der Waals surface area contributed by atoms with Crippen LogP contribution in [0.4, 0.5) is 0 Å². The minimum absolute atomic E-state index is 0.00139. The van der Waals surface area contributed by atoms with Crippen LogP contribution in [0.3, 0.4) is 0 Å². The average Bonchev–Trinajstić information content (AvgIpc) is 3.00. The third-order valence-corrected chi connectivity index (χ3v) is 5.46.